The largest absolute Gasteiger partial charge is 0.395 e. The van der Waals surface area contributed by atoms with Crippen molar-refractivity contribution in [3.05, 3.63) is 64.3 Å². The molecule has 1 N–H and O–H groups in total. The number of aliphatic hydroxyl groups excluding tert-OH is 1. The van der Waals surface area contributed by atoms with Crippen molar-refractivity contribution >= 4 is 11.5 Å². The van der Waals surface area contributed by atoms with Crippen molar-refractivity contribution in [3.8, 4) is 0 Å². The van der Waals surface area contributed by atoms with Crippen LogP contribution in [-0.4, -0.2) is 34.7 Å². The summed E-state index contributed by atoms with van der Waals surface area (Å²) < 4.78 is 0. The summed E-state index contributed by atoms with van der Waals surface area (Å²) in [7, 11) is 0. The van der Waals surface area contributed by atoms with Crippen LogP contribution in [-0.2, 0) is 5.41 Å². The van der Waals surface area contributed by atoms with Gasteiger partial charge in [0.05, 0.1) is 11.5 Å². The molecule has 0 saturated carbocycles. The van der Waals surface area contributed by atoms with E-state index in [1.165, 1.54) is 6.07 Å². The zero-order chi connectivity index (χ0) is 16.3. The van der Waals surface area contributed by atoms with E-state index in [1.807, 2.05) is 35.2 Å². The number of benzene rings is 1. The molecule has 3 rings (SSSR count). The lowest BCUT2D eigenvalue weighted by Crippen LogP contribution is -2.48. The summed E-state index contributed by atoms with van der Waals surface area (Å²) in [5.41, 5.74) is 0.658. The number of hydrogen-bond acceptors (Lipinski definition) is 5. The van der Waals surface area contributed by atoms with Gasteiger partial charge in [-0.25, -0.2) is 4.98 Å². The fourth-order valence-corrected chi connectivity index (χ4v) is 3.33. The van der Waals surface area contributed by atoms with Gasteiger partial charge in [0.15, 0.2) is 0 Å². The zero-order valence-electron chi connectivity index (χ0n) is 12.8. The van der Waals surface area contributed by atoms with E-state index in [1.54, 1.807) is 12.3 Å². The van der Waals surface area contributed by atoms with E-state index >= 15 is 0 Å². The van der Waals surface area contributed by atoms with E-state index in [2.05, 4.69) is 4.98 Å². The van der Waals surface area contributed by atoms with Gasteiger partial charge < -0.3 is 10.0 Å². The molecule has 0 aliphatic carbocycles. The van der Waals surface area contributed by atoms with E-state index in [4.69, 9.17) is 0 Å². The molecular formula is C17H19N3O3. The standard InChI is InChI=1S/C17H19N3O3/c21-13-17(14-6-2-1-3-7-14)9-5-11-19(12-17)16-15(20(22)23)8-4-10-18-16/h1-4,6-8,10,21H,5,9,11-13H2. The van der Waals surface area contributed by atoms with Gasteiger partial charge in [0.25, 0.3) is 0 Å². The van der Waals surface area contributed by atoms with Gasteiger partial charge in [0, 0.05) is 30.8 Å². The predicted octanol–water partition coefficient (Wildman–Crippen LogP) is 2.52. The van der Waals surface area contributed by atoms with Gasteiger partial charge in [-0.05, 0) is 24.5 Å². The Kier molecular flexibility index (Phi) is 4.25. The van der Waals surface area contributed by atoms with Crippen molar-refractivity contribution in [3.63, 3.8) is 0 Å². The first-order valence-corrected chi connectivity index (χ1v) is 7.67. The van der Waals surface area contributed by atoms with Crippen molar-refractivity contribution in [2.45, 2.75) is 18.3 Å². The number of aliphatic hydroxyl groups is 1. The second kappa shape index (κ2) is 6.34. The summed E-state index contributed by atoms with van der Waals surface area (Å²) in [6.45, 7) is 1.23. The molecule has 0 bridgehead atoms. The van der Waals surface area contributed by atoms with E-state index in [-0.39, 0.29) is 12.3 Å². The van der Waals surface area contributed by atoms with Gasteiger partial charge in [0.1, 0.15) is 0 Å². The van der Waals surface area contributed by atoms with Crippen LogP contribution in [0.3, 0.4) is 0 Å². The molecule has 1 aromatic heterocycles. The lowest BCUT2D eigenvalue weighted by Gasteiger charge is -2.42. The molecule has 1 aliphatic rings. The second-order valence-corrected chi connectivity index (χ2v) is 5.93. The van der Waals surface area contributed by atoms with Crippen molar-refractivity contribution < 1.29 is 10.0 Å². The summed E-state index contributed by atoms with van der Waals surface area (Å²) in [5.74, 6) is 0.381. The van der Waals surface area contributed by atoms with Crippen LogP contribution in [0.15, 0.2) is 48.7 Å². The molecule has 23 heavy (non-hydrogen) atoms. The van der Waals surface area contributed by atoms with Gasteiger partial charge in [-0.1, -0.05) is 30.3 Å². The number of nitro groups is 1. The van der Waals surface area contributed by atoms with Crippen LogP contribution in [0.25, 0.3) is 0 Å². The minimum Gasteiger partial charge on any atom is -0.395 e. The molecule has 0 amide bonds. The minimum atomic E-state index is -0.412. The van der Waals surface area contributed by atoms with Crippen LogP contribution in [0.5, 0.6) is 0 Å². The minimum absolute atomic E-state index is 0.00808. The summed E-state index contributed by atoms with van der Waals surface area (Å²) in [6.07, 6.45) is 3.27. The van der Waals surface area contributed by atoms with E-state index in [0.717, 1.165) is 18.4 Å². The van der Waals surface area contributed by atoms with Crippen LogP contribution in [0.2, 0.25) is 0 Å². The highest BCUT2D eigenvalue weighted by Crippen LogP contribution is 2.37. The number of rotatable bonds is 4. The Hall–Kier alpha value is -2.47. The third kappa shape index (κ3) is 2.90. The molecule has 120 valence electrons. The summed E-state index contributed by atoms with van der Waals surface area (Å²) in [5, 5.41) is 21.3. The molecule has 1 fully saturated rings. The van der Waals surface area contributed by atoms with Crippen molar-refractivity contribution in [1.29, 1.82) is 0 Å². The molecule has 0 spiro atoms. The van der Waals surface area contributed by atoms with E-state index in [9.17, 15) is 15.2 Å². The summed E-state index contributed by atoms with van der Waals surface area (Å²) in [4.78, 5) is 17.0. The smallest absolute Gasteiger partial charge is 0.311 e. The molecule has 1 atom stereocenters. The molecule has 1 unspecified atom stereocenters. The highest BCUT2D eigenvalue weighted by molar-refractivity contribution is 5.58. The highest BCUT2D eigenvalue weighted by Gasteiger charge is 2.38. The van der Waals surface area contributed by atoms with Gasteiger partial charge in [-0.2, -0.15) is 0 Å². The van der Waals surface area contributed by atoms with E-state index < -0.39 is 10.3 Å². The number of nitrogens with zero attached hydrogens (tertiary/aromatic N) is 3. The number of aromatic nitrogens is 1. The van der Waals surface area contributed by atoms with Crippen LogP contribution >= 0.6 is 0 Å². The third-order valence-corrected chi connectivity index (χ3v) is 4.53. The lowest BCUT2D eigenvalue weighted by molar-refractivity contribution is -0.384. The highest BCUT2D eigenvalue weighted by atomic mass is 16.6. The van der Waals surface area contributed by atoms with Crippen molar-refractivity contribution in [2.24, 2.45) is 0 Å². The Bertz CT molecular complexity index is 692. The normalized spacial score (nSPS) is 21.2. The predicted molar refractivity (Wildman–Crippen MR) is 87.5 cm³/mol. The Labute approximate surface area is 134 Å². The summed E-state index contributed by atoms with van der Waals surface area (Å²) in [6, 6.07) is 12.9. The van der Waals surface area contributed by atoms with Gasteiger partial charge in [-0.15, -0.1) is 0 Å². The number of pyridine rings is 1. The Morgan fingerprint density at radius 3 is 2.74 bits per heavy atom. The van der Waals surface area contributed by atoms with E-state index in [0.29, 0.717) is 18.9 Å². The molecule has 1 aromatic carbocycles. The maximum atomic E-state index is 11.3. The third-order valence-electron chi connectivity index (χ3n) is 4.53. The van der Waals surface area contributed by atoms with Crippen LogP contribution < -0.4 is 4.90 Å². The average Bonchev–Trinajstić information content (AvgIpc) is 2.62. The molecule has 1 aliphatic heterocycles. The van der Waals surface area contributed by atoms with Crippen LogP contribution in [0, 0.1) is 10.1 Å². The lowest BCUT2D eigenvalue weighted by atomic mass is 9.74. The van der Waals surface area contributed by atoms with Crippen LogP contribution in [0.4, 0.5) is 11.5 Å². The monoisotopic (exact) mass is 313 g/mol. The first-order valence-electron chi connectivity index (χ1n) is 7.67. The fraction of sp³-hybridized carbons (Fsp3) is 0.353. The maximum absolute atomic E-state index is 11.3. The maximum Gasteiger partial charge on any atom is 0.311 e. The molecule has 6 nitrogen and oxygen atoms in total. The Morgan fingerprint density at radius 1 is 1.26 bits per heavy atom. The molecule has 6 heteroatoms. The van der Waals surface area contributed by atoms with Crippen molar-refractivity contribution in [2.75, 3.05) is 24.6 Å². The van der Waals surface area contributed by atoms with Gasteiger partial charge >= 0.3 is 5.69 Å². The molecular weight excluding hydrogens is 294 g/mol. The van der Waals surface area contributed by atoms with Crippen molar-refractivity contribution in [1.82, 2.24) is 4.98 Å². The SMILES string of the molecule is O=[N+]([O-])c1cccnc1N1CCCC(CO)(c2ccccc2)C1. The van der Waals surface area contributed by atoms with Gasteiger partial charge in [0.2, 0.25) is 5.82 Å². The van der Waals surface area contributed by atoms with Crippen LogP contribution in [0.1, 0.15) is 18.4 Å². The first-order chi connectivity index (χ1) is 11.2. The number of piperidine rings is 1. The number of hydrogen-bond donors (Lipinski definition) is 1. The van der Waals surface area contributed by atoms with Gasteiger partial charge in [-0.3, -0.25) is 10.1 Å². The molecule has 0 radical (unpaired) electrons. The first kappa shape index (κ1) is 15.4. The summed E-state index contributed by atoms with van der Waals surface area (Å²) >= 11 is 0. The zero-order valence-corrected chi connectivity index (χ0v) is 12.8. The fourth-order valence-electron chi connectivity index (χ4n) is 3.33. The Morgan fingerprint density at radius 2 is 2.04 bits per heavy atom. The molecule has 2 aromatic rings. The second-order valence-electron chi connectivity index (χ2n) is 5.93. The quantitative estimate of drug-likeness (QED) is 0.693. The number of anilines is 1. The topological polar surface area (TPSA) is 79.5 Å². The average molecular weight is 313 g/mol. The Balaban J connectivity index is 1.96. The molecule has 2 heterocycles. The molecule has 1 saturated heterocycles.